The highest BCUT2D eigenvalue weighted by atomic mass is 28.4. The molecule has 1 aliphatic carbocycles. The molecule has 0 radical (unpaired) electrons. The number of aliphatic hydroxyl groups is 1. The van der Waals surface area contributed by atoms with E-state index >= 15 is 0 Å². The molecule has 2 rings (SSSR count). The van der Waals surface area contributed by atoms with Gasteiger partial charge in [-0.1, -0.05) is 20.8 Å². The van der Waals surface area contributed by atoms with Crippen LogP contribution in [0.15, 0.2) is 23.1 Å². The highest BCUT2D eigenvalue weighted by Gasteiger charge is 2.39. The van der Waals surface area contributed by atoms with Gasteiger partial charge in [0.15, 0.2) is 8.32 Å². The summed E-state index contributed by atoms with van der Waals surface area (Å²) < 4.78 is 8.31. The first-order valence-corrected chi connectivity index (χ1v) is 11.6. The largest absolute Gasteiger partial charge is 0.414 e. The molecule has 0 bridgehead atoms. The van der Waals surface area contributed by atoms with E-state index in [2.05, 4.69) is 33.9 Å². The maximum absolute atomic E-state index is 12.3. The topological polar surface area (TPSA) is 51.5 Å². The molecule has 130 valence electrons. The van der Waals surface area contributed by atoms with Crippen LogP contribution in [0.4, 0.5) is 0 Å². The normalized spacial score (nSPS) is 23.0. The smallest absolute Gasteiger partial charge is 0.256 e. The van der Waals surface area contributed by atoms with Crippen molar-refractivity contribution in [3.63, 3.8) is 0 Å². The molecule has 0 spiro atoms. The third-order valence-electron chi connectivity index (χ3n) is 5.53. The van der Waals surface area contributed by atoms with Gasteiger partial charge in [0.05, 0.1) is 6.61 Å². The molecule has 0 unspecified atom stereocenters. The molecule has 0 aliphatic heterocycles. The summed E-state index contributed by atoms with van der Waals surface area (Å²) in [5.41, 5.74) is 0.427. The third kappa shape index (κ3) is 4.14. The number of nitrogens with zero attached hydrogens (tertiary/aromatic N) is 1. The minimum atomic E-state index is -1.72. The number of pyridine rings is 1. The van der Waals surface area contributed by atoms with Gasteiger partial charge < -0.3 is 14.1 Å². The van der Waals surface area contributed by atoms with Crippen LogP contribution in [0, 0.1) is 0 Å². The first-order chi connectivity index (χ1) is 10.7. The number of aromatic nitrogens is 1. The number of hydrogen-bond donors (Lipinski definition) is 1. The predicted octanol–water partition coefficient (Wildman–Crippen LogP) is 3.85. The molecule has 1 fully saturated rings. The molecular weight excluding hydrogens is 306 g/mol. The van der Waals surface area contributed by atoms with Crippen molar-refractivity contribution >= 4 is 8.32 Å². The summed E-state index contributed by atoms with van der Waals surface area (Å²) in [4.78, 5) is 12.3. The van der Waals surface area contributed by atoms with E-state index in [1.54, 1.807) is 10.6 Å². The number of hydrogen-bond acceptors (Lipinski definition) is 3. The second-order valence-corrected chi connectivity index (χ2v) is 13.0. The van der Waals surface area contributed by atoms with E-state index in [9.17, 15) is 9.90 Å². The Balaban J connectivity index is 2.01. The molecule has 0 saturated heterocycles. The van der Waals surface area contributed by atoms with E-state index in [0.29, 0.717) is 11.7 Å². The maximum Gasteiger partial charge on any atom is 0.256 e. The van der Waals surface area contributed by atoms with Crippen LogP contribution in [-0.4, -0.2) is 24.1 Å². The van der Waals surface area contributed by atoms with Crippen molar-refractivity contribution in [1.29, 1.82) is 0 Å². The Morgan fingerprint density at radius 1 is 1.26 bits per heavy atom. The van der Waals surface area contributed by atoms with Crippen LogP contribution in [0.1, 0.15) is 58.1 Å². The van der Waals surface area contributed by atoms with Crippen molar-refractivity contribution < 1.29 is 9.53 Å². The van der Waals surface area contributed by atoms with Crippen LogP contribution in [0.25, 0.3) is 0 Å². The Morgan fingerprint density at radius 2 is 1.87 bits per heavy atom. The van der Waals surface area contributed by atoms with Crippen LogP contribution in [0.2, 0.25) is 18.1 Å². The summed E-state index contributed by atoms with van der Waals surface area (Å²) >= 11 is 0. The summed E-state index contributed by atoms with van der Waals surface area (Å²) in [5.74, 6) is 0. The standard InChI is InChI=1S/C18H31NO3Si/c1-18(2,3)23(4,5)22-16-10-8-15(9-11-16)19-12-6-7-14(13-20)17(19)21/h6-7,12,15-16,20H,8-11,13H2,1-5H3. The molecule has 1 aliphatic rings. The van der Waals surface area contributed by atoms with Crippen LogP contribution in [0.5, 0.6) is 0 Å². The number of aliphatic hydroxyl groups excluding tert-OH is 1. The fraction of sp³-hybridized carbons (Fsp3) is 0.722. The van der Waals surface area contributed by atoms with Crippen LogP contribution >= 0.6 is 0 Å². The van der Waals surface area contributed by atoms with Gasteiger partial charge in [0, 0.05) is 23.9 Å². The second kappa shape index (κ2) is 6.91. The molecule has 0 aromatic carbocycles. The Labute approximate surface area is 140 Å². The van der Waals surface area contributed by atoms with Gasteiger partial charge in [0.1, 0.15) is 0 Å². The first-order valence-electron chi connectivity index (χ1n) is 8.64. The molecule has 0 atom stereocenters. The molecule has 5 heteroatoms. The van der Waals surface area contributed by atoms with Gasteiger partial charge >= 0.3 is 0 Å². The minimum absolute atomic E-state index is 0.0521. The van der Waals surface area contributed by atoms with Crippen molar-refractivity contribution in [2.24, 2.45) is 0 Å². The highest BCUT2D eigenvalue weighted by Crippen LogP contribution is 2.40. The van der Waals surface area contributed by atoms with E-state index in [1.165, 1.54) is 0 Å². The third-order valence-corrected chi connectivity index (χ3v) is 10.1. The summed E-state index contributed by atoms with van der Waals surface area (Å²) in [6.07, 6.45) is 6.12. The molecule has 1 aromatic rings. The van der Waals surface area contributed by atoms with Gasteiger partial charge in [0.25, 0.3) is 5.56 Å². The lowest BCUT2D eigenvalue weighted by atomic mass is 9.93. The molecule has 0 amide bonds. The highest BCUT2D eigenvalue weighted by molar-refractivity contribution is 6.74. The molecule has 23 heavy (non-hydrogen) atoms. The molecule has 4 nitrogen and oxygen atoms in total. The lowest BCUT2D eigenvalue weighted by molar-refractivity contribution is 0.117. The lowest BCUT2D eigenvalue weighted by Crippen LogP contribution is -2.45. The molecule has 1 heterocycles. The molecular formula is C18H31NO3Si. The van der Waals surface area contributed by atoms with E-state index < -0.39 is 8.32 Å². The van der Waals surface area contributed by atoms with E-state index in [0.717, 1.165) is 25.7 Å². The fourth-order valence-corrected chi connectivity index (χ4v) is 4.42. The summed E-state index contributed by atoms with van der Waals surface area (Å²) in [6.45, 7) is 11.2. The zero-order valence-electron chi connectivity index (χ0n) is 15.1. The monoisotopic (exact) mass is 337 g/mol. The van der Waals surface area contributed by atoms with E-state index in [-0.39, 0.29) is 23.2 Å². The van der Waals surface area contributed by atoms with E-state index in [4.69, 9.17) is 4.43 Å². The molecule has 1 aromatic heterocycles. The second-order valence-electron chi connectivity index (χ2n) is 8.21. The predicted molar refractivity (Wildman–Crippen MR) is 96.2 cm³/mol. The van der Waals surface area contributed by atoms with E-state index in [1.807, 2.05) is 12.3 Å². The van der Waals surface area contributed by atoms with Crippen LogP contribution in [0.3, 0.4) is 0 Å². The Bertz CT molecular complexity index is 581. The fourth-order valence-electron chi connectivity index (χ4n) is 3.00. The Morgan fingerprint density at radius 3 is 2.39 bits per heavy atom. The van der Waals surface area contributed by atoms with Crippen molar-refractivity contribution in [3.05, 3.63) is 34.2 Å². The number of rotatable bonds is 4. The average Bonchev–Trinajstić information content (AvgIpc) is 2.47. The van der Waals surface area contributed by atoms with Gasteiger partial charge in [-0.3, -0.25) is 4.79 Å². The Kier molecular flexibility index (Phi) is 5.54. The molecule has 1 N–H and O–H groups in total. The zero-order valence-corrected chi connectivity index (χ0v) is 16.1. The summed E-state index contributed by atoms with van der Waals surface area (Å²) in [5, 5.41) is 9.49. The first kappa shape index (κ1) is 18.4. The summed E-state index contributed by atoms with van der Waals surface area (Å²) in [6, 6.07) is 3.78. The van der Waals surface area contributed by atoms with Crippen molar-refractivity contribution in [3.8, 4) is 0 Å². The van der Waals surface area contributed by atoms with Gasteiger partial charge in [-0.2, -0.15) is 0 Å². The minimum Gasteiger partial charge on any atom is -0.414 e. The quantitative estimate of drug-likeness (QED) is 0.849. The van der Waals surface area contributed by atoms with Gasteiger partial charge in [0.2, 0.25) is 0 Å². The van der Waals surface area contributed by atoms with Crippen molar-refractivity contribution in [1.82, 2.24) is 4.57 Å². The van der Waals surface area contributed by atoms with Crippen molar-refractivity contribution in [2.45, 2.75) is 83.3 Å². The average molecular weight is 338 g/mol. The van der Waals surface area contributed by atoms with Gasteiger partial charge in [-0.05, 0) is 55.9 Å². The van der Waals surface area contributed by atoms with Gasteiger partial charge in [-0.15, -0.1) is 0 Å². The lowest BCUT2D eigenvalue weighted by Gasteiger charge is -2.41. The summed E-state index contributed by atoms with van der Waals surface area (Å²) in [7, 11) is -1.72. The van der Waals surface area contributed by atoms with Crippen LogP contribution in [-0.2, 0) is 11.0 Å². The van der Waals surface area contributed by atoms with Crippen molar-refractivity contribution in [2.75, 3.05) is 0 Å². The Hall–Kier alpha value is -0.913. The zero-order chi connectivity index (χ0) is 17.3. The van der Waals surface area contributed by atoms with Crippen LogP contribution < -0.4 is 5.56 Å². The maximum atomic E-state index is 12.3. The van der Waals surface area contributed by atoms with Gasteiger partial charge in [-0.25, -0.2) is 0 Å². The molecule has 1 saturated carbocycles. The SMILES string of the molecule is CC(C)(C)[Si](C)(C)OC1CCC(n2cccc(CO)c2=O)CC1.